The second-order valence-electron chi connectivity index (χ2n) is 8.42. The van der Waals surface area contributed by atoms with E-state index in [1.807, 2.05) is 24.5 Å². The van der Waals surface area contributed by atoms with Crippen molar-refractivity contribution in [3.63, 3.8) is 0 Å². The summed E-state index contributed by atoms with van der Waals surface area (Å²) in [6, 6.07) is 8.22. The molecule has 29 heavy (non-hydrogen) atoms. The molecule has 4 rings (SSSR count). The Morgan fingerprint density at radius 1 is 1.21 bits per heavy atom. The summed E-state index contributed by atoms with van der Waals surface area (Å²) >= 11 is 6.20. The predicted octanol–water partition coefficient (Wildman–Crippen LogP) is 4.68. The van der Waals surface area contributed by atoms with E-state index in [1.165, 1.54) is 31.4 Å². The van der Waals surface area contributed by atoms with Crippen molar-refractivity contribution in [1.82, 2.24) is 15.3 Å². The second-order valence-corrected chi connectivity index (χ2v) is 8.83. The first kappa shape index (κ1) is 20.6. The van der Waals surface area contributed by atoms with E-state index in [0.29, 0.717) is 10.9 Å². The lowest BCUT2D eigenvalue weighted by atomic mass is 9.68. The van der Waals surface area contributed by atoms with Crippen LogP contribution in [0, 0.1) is 0 Å². The third-order valence-electron chi connectivity index (χ3n) is 6.54. The first-order chi connectivity index (χ1) is 14.1. The van der Waals surface area contributed by atoms with Gasteiger partial charge in [-0.2, -0.15) is 0 Å². The van der Waals surface area contributed by atoms with Crippen LogP contribution in [0.3, 0.4) is 0 Å². The zero-order valence-corrected chi connectivity index (χ0v) is 17.9. The molecule has 0 unspecified atom stereocenters. The van der Waals surface area contributed by atoms with Crippen LogP contribution in [0.2, 0.25) is 5.02 Å². The molecule has 0 amide bonds. The van der Waals surface area contributed by atoms with Gasteiger partial charge in [-0.1, -0.05) is 30.5 Å². The SMILES string of the molecule is COc1ncc(CNCC[C@@]2(c3ccccn3)CCOC3(CCCC3)C2)cc1Cl. The summed E-state index contributed by atoms with van der Waals surface area (Å²) in [5, 5.41) is 4.12. The lowest BCUT2D eigenvalue weighted by molar-refractivity contribution is -0.104. The van der Waals surface area contributed by atoms with E-state index in [9.17, 15) is 0 Å². The maximum Gasteiger partial charge on any atom is 0.232 e. The molecule has 1 saturated carbocycles. The van der Waals surface area contributed by atoms with E-state index in [2.05, 4.69) is 22.4 Å². The Kier molecular flexibility index (Phi) is 6.38. The van der Waals surface area contributed by atoms with Crippen LogP contribution in [0.15, 0.2) is 36.7 Å². The van der Waals surface area contributed by atoms with Crippen molar-refractivity contribution in [2.75, 3.05) is 20.3 Å². The summed E-state index contributed by atoms with van der Waals surface area (Å²) in [6.45, 7) is 2.47. The van der Waals surface area contributed by atoms with Crippen molar-refractivity contribution in [1.29, 1.82) is 0 Å². The molecule has 156 valence electrons. The van der Waals surface area contributed by atoms with E-state index in [4.69, 9.17) is 26.1 Å². The second kappa shape index (κ2) is 8.99. The van der Waals surface area contributed by atoms with E-state index < -0.39 is 0 Å². The van der Waals surface area contributed by atoms with Crippen LogP contribution >= 0.6 is 11.6 Å². The van der Waals surface area contributed by atoms with Crippen molar-refractivity contribution in [3.05, 3.63) is 52.9 Å². The molecular weight excluding hydrogens is 386 g/mol. The Morgan fingerprint density at radius 3 is 2.79 bits per heavy atom. The number of nitrogens with one attached hydrogen (secondary N) is 1. The lowest BCUT2D eigenvalue weighted by Crippen LogP contribution is -2.47. The molecular formula is C23H30ClN3O2. The Labute approximate surface area is 178 Å². The molecule has 0 bridgehead atoms. The van der Waals surface area contributed by atoms with Gasteiger partial charge in [0.15, 0.2) is 0 Å². The van der Waals surface area contributed by atoms with Gasteiger partial charge in [-0.25, -0.2) is 4.98 Å². The van der Waals surface area contributed by atoms with Gasteiger partial charge in [0, 0.05) is 36.7 Å². The Bertz CT molecular complexity index is 811. The smallest absolute Gasteiger partial charge is 0.232 e. The fourth-order valence-electron chi connectivity index (χ4n) is 5.07. The van der Waals surface area contributed by atoms with Crippen molar-refractivity contribution >= 4 is 11.6 Å². The first-order valence-corrected chi connectivity index (χ1v) is 11.0. The van der Waals surface area contributed by atoms with Crippen LogP contribution < -0.4 is 10.1 Å². The minimum Gasteiger partial charge on any atom is -0.480 e. The molecule has 2 aromatic heterocycles. The number of hydrogen-bond acceptors (Lipinski definition) is 5. The number of pyridine rings is 2. The number of nitrogens with zero attached hydrogens (tertiary/aromatic N) is 2. The van der Waals surface area contributed by atoms with Crippen LogP contribution in [0.1, 0.15) is 56.2 Å². The molecule has 5 nitrogen and oxygen atoms in total. The fourth-order valence-corrected chi connectivity index (χ4v) is 5.33. The van der Waals surface area contributed by atoms with Crippen LogP contribution in [0.5, 0.6) is 5.88 Å². The van der Waals surface area contributed by atoms with Gasteiger partial charge in [0.05, 0.1) is 12.7 Å². The van der Waals surface area contributed by atoms with Crippen molar-refractivity contribution in [2.45, 2.75) is 62.5 Å². The van der Waals surface area contributed by atoms with Gasteiger partial charge in [0.1, 0.15) is 5.02 Å². The normalized spacial score (nSPS) is 23.4. The molecule has 2 fully saturated rings. The Hall–Kier alpha value is -1.69. The van der Waals surface area contributed by atoms with Gasteiger partial charge < -0.3 is 14.8 Å². The summed E-state index contributed by atoms with van der Waals surface area (Å²) in [4.78, 5) is 9.03. The molecule has 2 aromatic rings. The summed E-state index contributed by atoms with van der Waals surface area (Å²) in [7, 11) is 1.58. The number of rotatable bonds is 7. The van der Waals surface area contributed by atoms with E-state index in [0.717, 1.165) is 44.5 Å². The average Bonchev–Trinajstić information content (AvgIpc) is 3.19. The quantitative estimate of drug-likeness (QED) is 0.665. The van der Waals surface area contributed by atoms with Crippen LogP contribution in [0.25, 0.3) is 0 Å². The third-order valence-corrected chi connectivity index (χ3v) is 6.81. The van der Waals surface area contributed by atoms with E-state index >= 15 is 0 Å². The van der Waals surface area contributed by atoms with Gasteiger partial charge in [-0.05, 0) is 62.4 Å². The Morgan fingerprint density at radius 2 is 2.07 bits per heavy atom. The highest BCUT2D eigenvalue weighted by molar-refractivity contribution is 6.31. The maximum absolute atomic E-state index is 6.33. The fraction of sp³-hybridized carbons (Fsp3) is 0.565. The van der Waals surface area contributed by atoms with Gasteiger partial charge in [0.2, 0.25) is 5.88 Å². The van der Waals surface area contributed by atoms with Crippen LogP contribution in [0.4, 0.5) is 0 Å². The largest absolute Gasteiger partial charge is 0.480 e. The molecule has 0 aromatic carbocycles. The molecule has 6 heteroatoms. The summed E-state index contributed by atoms with van der Waals surface area (Å²) in [5.74, 6) is 0.466. The zero-order chi connectivity index (χ0) is 20.2. The highest BCUT2D eigenvalue weighted by Gasteiger charge is 2.48. The number of ether oxygens (including phenoxy) is 2. The van der Waals surface area contributed by atoms with Crippen LogP contribution in [-0.2, 0) is 16.7 Å². The van der Waals surface area contributed by atoms with Crippen molar-refractivity contribution in [2.24, 2.45) is 0 Å². The third kappa shape index (κ3) is 4.57. The van der Waals surface area contributed by atoms with Gasteiger partial charge in [0.25, 0.3) is 0 Å². The number of methoxy groups -OCH3 is 1. The van der Waals surface area contributed by atoms with Crippen molar-refractivity contribution < 1.29 is 9.47 Å². The predicted molar refractivity (Wildman–Crippen MR) is 114 cm³/mol. The minimum atomic E-state index is 0.0587. The highest BCUT2D eigenvalue weighted by Crippen LogP contribution is 2.49. The molecule has 0 radical (unpaired) electrons. The van der Waals surface area contributed by atoms with E-state index in [1.54, 1.807) is 7.11 Å². The van der Waals surface area contributed by atoms with Crippen molar-refractivity contribution in [3.8, 4) is 5.88 Å². The maximum atomic E-state index is 6.33. The lowest BCUT2D eigenvalue weighted by Gasteiger charge is -2.46. The molecule has 1 atom stereocenters. The van der Waals surface area contributed by atoms with E-state index in [-0.39, 0.29) is 11.0 Å². The standard InChI is InChI=1S/C23H30ClN3O2/c1-28-21-19(24)14-18(16-27-21)15-25-12-9-22(20-6-2-5-11-26-20)10-13-29-23(17-22)7-3-4-8-23/h2,5-6,11,14,16,25H,3-4,7-10,12-13,15,17H2,1H3/t22-/m1/s1. The van der Waals surface area contributed by atoms with Gasteiger partial charge in [-0.3, -0.25) is 4.98 Å². The molecule has 1 saturated heterocycles. The molecule has 1 aliphatic carbocycles. The molecule has 1 aliphatic heterocycles. The number of aromatic nitrogens is 2. The zero-order valence-electron chi connectivity index (χ0n) is 17.1. The summed E-state index contributed by atoms with van der Waals surface area (Å²) in [5.41, 5.74) is 2.41. The number of halogens is 1. The highest BCUT2D eigenvalue weighted by atomic mass is 35.5. The first-order valence-electron chi connectivity index (χ1n) is 10.6. The number of hydrogen-bond donors (Lipinski definition) is 1. The van der Waals surface area contributed by atoms with Gasteiger partial charge in [-0.15, -0.1) is 0 Å². The molecule has 1 N–H and O–H groups in total. The molecule has 2 aliphatic rings. The Balaban J connectivity index is 1.43. The molecule has 3 heterocycles. The van der Waals surface area contributed by atoms with Gasteiger partial charge >= 0.3 is 0 Å². The van der Waals surface area contributed by atoms with Crippen LogP contribution in [-0.4, -0.2) is 35.8 Å². The molecule has 1 spiro atoms. The minimum absolute atomic E-state index is 0.0587. The summed E-state index contributed by atoms with van der Waals surface area (Å²) in [6.07, 6.45) is 11.8. The monoisotopic (exact) mass is 415 g/mol. The summed E-state index contributed by atoms with van der Waals surface area (Å²) < 4.78 is 11.5. The topological polar surface area (TPSA) is 56.3 Å². The average molecular weight is 416 g/mol.